The largest absolute Gasteiger partial charge is 0.467 e. The molecule has 0 aliphatic carbocycles. The summed E-state index contributed by atoms with van der Waals surface area (Å²) in [6.45, 7) is 1.49. The molecule has 30 heavy (non-hydrogen) atoms. The van der Waals surface area contributed by atoms with Crippen LogP contribution in [0, 0.1) is 10.1 Å². The molecule has 2 heterocycles. The quantitative estimate of drug-likeness (QED) is 0.500. The number of nitrogens with zero attached hydrogens (tertiary/aromatic N) is 2. The van der Waals surface area contributed by atoms with Gasteiger partial charge in [-0.1, -0.05) is 18.6 Å². The van der Waals surface area contributed by atoms with E-state index in [0.717, 1.165) is 43.5 Å². The molecule has 2 aromatic rings. The van der Waals surface area contributed by atoms with Crippen molar-refractivity contribution >= 4 is 5.69 Å². The molecule has 6 nitrogen and oxygen atoms in total. The summed E-state index contributed by atoms with van der Waals surface area (Å²) in [7, 11) is 0. The number of hydrogen-bond donors (Lipinski definition) is 0. The molecule has 0 bridgehead atoms. The van der Waals surface area contributed by atoms with Gasteiger partial charge in [0.15, 0.2) is 6.79 Å². The summed E-state index contributed by atoms with van der Waals surface area (Å²) in [6, 6.07) is 8.19. The first-order valence-electron chi connectivity index (χ1n) is 9.75. The molecule has 0 saturated carbocycles. The van der Waals surface area contributed by atoms with E-state index in [1.165, 1.54) is 24.3 Å². The number of nitro benzene ring substituents is 1. The number of rotatable bonds is 4. The molecule has 4 rings (SSSR count). The second kappa shape index (κ2) is 8.23. The molecule has 2 aromatic carbocycles. The van der Waals surface area contributed by atoms with E-state index in [2.05, 4.69) is 4.90 Å². The fourth-order valence-electron chi connectivity index (χ4n) is 4.17. The van der Waals surface area contributed by atoms with Crippen molar-refractivity contribution in [1.29, 1.82) is 0 Å². The van der Waals surface area contributed by atoms with Crippen molar-refractivity contribution in [2.75, 3.05) is 13.3 Å². The Labute approximate surface area is 171 Å². The van der Waals surface area contributed by atoms with Crippen molar-refractivity contribution in [2.24, 2.45) is 0 Å². The zero-order valence-corrected chi connectivity index (χ0v) is 16.2. The van der Waals surface area contributed by atoms with E-state index in [1.807, 2.05) is 0 Å². The van der Waals surface area contributed by atoms with E-state index in [4.69, 9.17) is 9.47 Å². The number of non-ortho nitro benzene ring substituents is 1. The second-order valence-electron chi connectivity index (χ2n) is 7.56. The van der Waals surface area contributed by atoms with Crippen LogP contribution in [0.1, 0.15) is 47.6 Å². The first kappa shape index (κ1) is 20.6. The average molecular weight is 422 g/mol. The van der Waals surface area contributed by atoms with Gasteiger partial charge < -0.3 is 9.47 Å². The lowest BCUT2D eigenvalue weighted by atomic mass is 9.93. The van der Waals surface area contributed by atoms with Crippen LogP contribution in [-0.2, 0) is 24.1 Å². The van der Waals surface area contributed by atoms with Gasteiger partial charge in [0, 0.05) is 35.8 Å². The summed E-state index contributed by atoms with van der Waals surface area (Å²) in [4.78, 5) is 13.1. The third-order valence-corrected chi connectivity index (χ3v) is 5.59. The number of ether oxygens (including phenoxy) is 2. The molecule has 1 saturated heterocycles. The highest BCUT2D eigenvalue weighted by atomic mass is 19.4. The van der Waals surface area contributed by atoms with Crippen LogP contribution in [0.15, 0.2) is 36.4 Å². The summed E-state index contributed by atoms with van der Waals surface area (Å²) in [6.07, 6.45) is -1.63. The Morgan fingerprint density at radius 3 is 2.63 bits per heavy atom. The first-order chi connectivity index (χ1) is 14.3. The number of fused-ring (bicyclic) bond motifs is 1. The molecule has 160 valence electrons. The molecule has 2 aliphatic heterocycles. The van der Waals surface area contributed by atoms with Gasteiger partial charge in [-0.2, -0.15) is 13.2 Å². The van der Waals surface area contributed by atoms with E-state index in [0.29, 0.717) is 23.4 Å². The van der Waals surface area contributed by atoms with Crippen LogP contribution >= 0.6 is 0 Å². The van der Waals surface area contributed by atoms with E-state index >= 15 is 0 Å². The van der Waals surface area contributed by atoms with Crippen LogP contribution in [0.5, 0.6) is 5.75 Å². The summed E-state index contributed by atoms with van der Waals surface area (Å²) in [5.74, 6) is 0.601. The maximum absolute atomic E-state index is 12.9. The standard InChI is InChI=1S/C21H21F3N2O4/c22-21(23,24)17-6-4-14(5-7-17)19-3-1-2-8-25(19)11-15-9-18(26(27)28)10-16-12-29-13-30-20(15)16/h4-7,9-10,19H,1-3,8,11-13H2. The molecule has 0 aromatic heterocycles. The third-order valence-electron chi connectivity index (χ3n) is 5.59. The fraction of sp³-hybridized carbons (Fsp3) is 0.429. The molecular formula is C21H21F3N2O4. The average Bonchev–Trinajstić information content (AvgIpc) is 2.73. The normalized spacial score (nSPS) is 19.8. The van der Waals surface area contributed by atoms with Crippen LogP contribution < -0.4 is 4.74 Å². The Hall–Kier alpha value is -2.65. The Bertz CT molecular complexity index is 931. The summed E-state index contributed by atoms with van der Waals surface area (Å²) in [5, 5.41) is 11.3. The van der Waals surface area contributed by atoms with Crippen molar-refractivity contribution in [3.8, 4) is 5.75 Å². The molecule has 1 unspecified atom stereocenters. The molecule has 2 aliphatic rings. The predicted octanol–water partition coefficient (Wildman–Crippen LogP) is 5.21. The Morgan fingerprint density at radius 1 is 1.17 bits per heavy atom. The van der Waals surface area contributed by atoms with Crippen molar-refractivity contribution in [3.05, 3.63) is 68.8 Å². The second-order valence-corrected chi connectivity index (χ2v) is 7.56. The fourth-order valence-corrected chi connectivity index (χ4v) is 4.17. The number of likely N-dealkylation sites (tertiary alicyclic amines) is 1. The summed E-state index contributed by atoms with van der Waals surface area (Å²) in [5.41, 5.74) is 1.44. The van der Waals surface area contributed by atoms with Gasteiger partial charge in [0.05, 0.1) is 17.1 Å². The van der Waals surface area contributed by atoms with Crippen LogP contribution in [0.3, 0.4) is 0 Å². The SMILES string of the molecule is O=[N+]([O-])c1cc2c(c(CN3CCCCC3c3ccc(C(F)(F)F)cc3)c1)OCOC2. The van der Waals surface area contributed by atoms with Crippen molar-refractivity contribution in [3.63, 3.8) is 0 Å². The molecule has 0 radical (unpaired) electrons. The van der Waals surface area contributed by atoms with E-state index in [9.17, 15) is 23.3 Å². The van der Waals surface area contributed by atoms with Gasteiger partial charge in [0.25, 0.3) is 5.69 Å². The number of alkyl halides is 3. The topological polar surface area (TPSA) is 64.8 Å². The molecule has 0 amide bonds. The van der Waals surface area contributed by atoms with Crippen molar-refractivity contribution in [1.82, 2.24) is 4.90 Å². The van der Waals surface area contributed by atoms with Gasteiger partial charge in [-0.15, -0.1) is 0 Å². The lowest BCUT2D eigenvalue weighted by molar-refractivity contribution is -0.385. The Kier molecular flexibility index (Phi) is 5.66. The lowest BCUT2D eigenvalue weighted by Gasteiger charge is -2.36. The Morgan fingerprint density at radius 2 is 1.93 bits per heavy atom. The zero-order chi connectivity index (χ0) is 21.3. The highest BCUT2D eigenvalue weighted by Crippen LogP contribution is 2.38. The van der Waals surface area contributed by atoms with E-state index in [1.54, 1.807) is 0 Å². The number of piperidine rings is 1. The maximum atomic E-state index is 12.9. The zero-order valence-electron chi connectivity index (χ0n) is 16.2. The lowest BCUT2D eigenvalue weighted by Crippen LogP contribution is -2.33. The minimum atomic E-state index is -4.37. The predicted molar refractivity (Wildman–Crippen MR) is 102 cm³/mol. The van der Waals surface area contributed by atoms with Gasteiger partial charge in [0.2, 0.25) is 0 Å². The minimum absolute atomic E-state index is 0.0269. The number of hydrogen-bond acceptors (Lipinski definition) is 5. The van der Waals surface area contributed by atoms with Gasteiger partial charge in [-0.25, -0.2) is 0 Å². The van der Waals surface area contributed by atoms with Gasteiger partial charge in [-0.3, -0.25) is 15.0 Å². The summed E-state index contributed by atoms with van der Waals surface area (Å²) >= 11 is 0. The monoisotopic (exact) mass is 422 g/mol. The van der Waals surface area contributed by atoms with E-state index < -0.39 is 16.7 Å². The summed E-state index contributed by atoms with van der Waals surface area (Å²) < 4.78 is 49.6. The number of halogens is 3. The Balaban J connectivity index is 1.63. The van der Waals surface area contributed by atoms with Crippen molar-refractivity contribution in [2.45, 2.75) is 44.6 Å². The molecule has 9 heteroatoms. The molecule has 0 spiro atoms. The number of nitro groups is 1. The van der Waals surface area contributed by atoms with Crippen molar-refractivity contribution < 1.29 is 27.6 Å². The molecule has 1 atom stereocenters. The van der Waals surface area contributed by atoms with Crippen LogP contribution in [-0.4, -0.2) is 23.2 Å². The third kappa shape index (κ3) is 4.27. The highest BCUT2D eigenvalue weighted by Gasteiger charge is 2.32. The molecule has 0 N–H and O–H groups in total. The van der Waals surface area contributed by atoms with Gasteiger partial charge in [-0.05, 0) is 37.1 Å². The van der Waals surface area contributed by atoms with Gasteiger partial charge in [0.1, 0.15) is 5.75 Å². The smallest absolute Gasteiger partial charge is 0.416 e. The number of benzene rings is 2. The van der Waals surface area contributed by atoms with E-state index in [-0.39, 0.29) is 25.1 Å². The van der Waals surface area contributed by atoms with Gasteiger partial charge >= 0.3 is 6.18 Å². The van der Waals surface area contributed by atoms with Crippen LogP contribution in [0.2, 0.25) is 0 Å². The highest BCUT2D eigenvalue weighted by molar-refractivity contribution is 5.50. The molecular weight excluding hydrogens is 401 g/mol. The molecule has 1 fully saturated rings. The van der Waals surface area contributed by atoms with Crippen LogP contribution in [0.25, 0.3) is 0 Å². The van der Waals surface area contributed by atoms with Crippen LogP contribution in [0.4, 0.5) is 18.9 Å². The maximum Gasteiger partial charge on any atom is 0.416 e. The minimum Gasteiger partial charge on any atom is -0.467 e. The first-order valence-corrected chi connectivity index (χ1v) is 9.75.